The quantitative estimate of drug-likeness (QED) is 0.0978. The smallest absolute Gasteiger partial charge is 0.326 e. The van der Waals surface area contributed by atoms with Crippen LogP contribution in [-0.2, 0) is 32.0 Å². The van der Waals surface area contributed by atoms with Crippen LogP contribution in [0.5, 0.6) is 11.5 Å². The van der Waals surface area contributed by atoms with Crippen molar-refractivity contribution in [1.82, 2.24) is 16.0 Å². The molecule has 0 saturated carbocycles. The molecule has 3 amide bonds. The van der Waals surface area contributed by atoms with Gasteiger partial charge in [-0.15, -0.1) is 0 Å². The molecule has 0 spiro atoms. The van der Waals surface area contributed by atoms with Crippen molar-refractivity contribution in [2.24, 2.45) is 17.2 Å². The van der Waals surface area contributed by atoms with Gasteiger partial charge in [-0.05, 0) is 80.6 Å². The first-order valence-corrected chi connectivity index (χ1v) is 14.4. The maximum Gasteiger partial charge on any atom is 0.326 e. The summed E-state index contributed by atoms with van der Waals surface area (Å²) in [5.41, 5.74) is 18.3. The monoisotopic (exact) mass is 600 g/mol. The molecule has 43 heavy (non-hydrogen) atoms. The lowest BCUT2D eigenvalue weighted by Crippen LogP contribution is -2.58. The predicted molar refractivity (Wildman–Crippen MR) is 161 cm³/mol. The van der Waals surface area contributed by atoms with E-state index in [1.54, 1.807) is 24.3 Å². The van der Waals surface area contributed by atoms with Crippen LogP contribution >= 0.6 is 0 Å². The Hall–Kier alpha value is -4.20. The van der Waals surface area contributed by atoms with Crippen LogP contribution in [0.4, 0.5) is 0 Å². The fourth-order valence-corrected chi connectivity index (χ4v) is 4.37. The number of carbonyl (C=O) groups excluding carboxylic acids is 3. The van der Waals surface area contributed by atoms with Crippen LogP contribution < -0.4 is 33.2 Å². The second-order valence-corrected chi connectivity index (χ2v) is 10.4. The SMILES string of the molecule is NCCCC[C@H](NC(=O)[C@H](Cc1ccc(O)cc1)NC(=O)[C@H](Cc1ccc(O)cc1)NC(=O)[C@@H](N)CCCCN)C(=O)O. The number of nitrogens with one attached hydrogen (secondary N) is 3. The largest absolute Gasteiger partial charge is 0.508 e. The molecule has 4 atom stereocenters. The third kappa shape index (κ3) is 12.7. The third-order valence-corrected chi connectivity index (χ3v) is 6.89. The number of rotatable bonds is 19. The highest BCUT2D eigenvalue weighted by atomic mass is 16.4. The van der Waals surface area contributed by atoms with E-state index in [0.717, 1.165) is 0 Å². The van der Waals surface area contributed by atoms with Crippen molar-refractivity contribution in [3.63, 3.8) is 0 Å². The van der Waals surface area contributed by atoms with Crippen molar-refractivity contribution < 1.29 is 34.5 Å². The van der Waals surface area contributed by atoms with Crippen molar-refractivity contribution in [1.29, 1.82) is 0 Å². The zero-order valence-corrected chi connectivity index (χ0v) is 24.2. The number of aromatic hydroxyl groups is 2. The minimum Gasteiger partial charge on any atom is -0.508 e. The van der Waals surface area contributed by atoms with Gasteiger partial charge in [-0.3, -0.25) is 14.4 Å². The molecular formula is C30H44N6O7. The molecule has 0 aromatic heterocycles. The van der Waals surface area contributed by atoms with Crippen LogP contribution in [0.25, 0.3) is 0 Å². The van der Waals surface area contributed by atoms with Crippen LogP contribution in [0.3, 0.4) is 0 Å². The van der Waals surface area contributed by atoms with Gasteiger partial charge in [0.25, 0.3) is 0 Å². The summed E-state index contributed by atoms with van der Waals surface area (Å²) in [5, 5.41) is 36.8. The van der Waals surface area contributed by atoms with Gasteiger partial charge in [-0.1, -0.05) is 30.7 Å². The van der Waals surface area contributed by atoms with Gasteiger partial charge in [0, 0.05) is 12.8 Å². The summed E-state index contributed by atoms with van der Waals surface area (Å²) in [5.74, 6) is -3.15. The topological polar surface area (TPSA) is 243 Å². The number of carbonyl (C=O) groups is 4. The van der Waals surface area contributed by atoms with Crippen LogP contribution in [0.2, 0.25) is 0 Å². The predicted octanol–water partition coefficient (Wildman–Crippen LogP) is 0.00730. The summed E-state index contributed by atoms with van der Waals surface area (Å²) in [6.07, 6.45) is 2.91. The lowest BCUT2D eigenvalue weighted by atomic mass is 10.0. The highest BCUT2D eigenvalue weighted by Gasteiger charge is 2.30. The third-order valence-electron chi connectivity index (χ3n) is 6.89. The standard InChI is InChI=1S/C30H44N6O7/c31-15-3-1-5-23(33)27(39)35-25(17-19-7-11-21(37)12-8-19)29(41)36-26(18-20-9-13-22(38)14-10-20)28(40)34-24(30(42)43)6-2-4-16-32/h7-14,23-26,37-38H,1-6,15-18,31-33H2,(H,34,40)(H,35,39)(H,36,41)(H,42,43)/t23-,24-,25-,26-/m0/s1. The van der Waals surface area contributed by atoms with Gasteiger partial charge in [0.2, 0.25) is 17.7 Å². The van der Waals surface area contributed by atoms with Crippen molar-refractivity contribution in [2.75, 3.05) is 13.1 Å². The number of carboxylic acids is 1. The number of benzene rings is 2. The number of carboxylic acid groups (broad SMARTS) is 1. The fourth-order valence-electron chi connectivity index (χ4n) is 4.37. The summed E-state index contributed by atoms with van der Waals surface area (Å²) < 4.78 is 0. The Morgan fingerprint density at radius 1 is 0.605 bits per heavy atom. The van der Waals surface area contributed by atoms with Crippen LogP contribution in [0, 0.1) is 0 Å². The summed E-state index contributed by atoms with van der Waals surface area (Å²) in [6.45, 7) is 0.838. The number of aliphatic carboxylic acids is 1. The molecule has 0 fully saturated rings. The van der Waals surface area contributed by atoms with E-state index >= 15 is 0 Å². The molecule has 2 aromatic carbocycles. The van der Waals surface area contributed by atoms with Gasteiger partial charge in [0.15, 0.2) is 0 Å². The number of phenols is 2. The van der Waals surface area contributed by atoms with Crippen LogP contribution in [0.1, 0.15) is 49.7 Å². The molecule has 0 aliphatic carbocycles. The van der Waals surface area contributed by atoms with Gasteiger partial charge >= 0.3 is 5.97 Å². The highest BCUT2D eigenvalue weighted by molar-refractivity contribution is 5.94. The molecule has 0 aliphatic heterocycles. The molecule has 0 bridgehead atoms. The Labute approximate surface area is 251 Å². The number of hydrogen-bond donors (Lipinski definition) is 9. The highest BCUT2D eigenvalue weighted by Crippen LogP contribution is 2.14. The molecule has 0 heterocycles. The van der Waals surface area contributed by atoms with Crippen molar-refractivity contribution >= 4 is 23.7 Å². The molecule has 0 saturated heterocycles. The van der Waals surface area contributed by atoms with E-state index in [2.05, 4.69) is 16.0 Å². The molecule has 0 unspecified atom stereocenters. The van der Waals surface area contributed by atoms with E-state index in [4.69, 9.17) is 17.2 Å². The molecule has 0 aliphatic rings. The van der Waals surface area contributed by atoms with Crippen molar-refractivity contribution in [3.05, 3.63) is 59.7 Å². The van der Waals surface area contributed by atoms with E-state index in [-0.39, 0.29) is 30.8 Å². The number of nitrogens with two attached hydrogens (primary N) is 3. The molecule has 236 valence electrons. The minimum atomic E-state index is -1.22. The zero-order chi connectivity index (χ0) is 31.8. The molecule has 2 aromatic rings. The van der Waals surface area contributed by atoms with E-state index in [1.807, 2.05) is 0 Å². The Kier molecular flexibility index (Phi) is 14.9. The average molecular weight is 601 g/mol. The maximum absolute atomic E-state index is 13.6. The first kappa shape index (κ1) is 35.0. The Morgan fingerprint density at radius 2 is 1.00 bits per heavy atom. The second-order valence-electron chi connectivity index (χ2n) is 10.4. The average Bonchev–Trinajstić information content (AvgIpc) is 2.98. The van der Waals surface area contributed by atoms with E-state index in [9.17, 15) is 34.5 Å². The summed E-state index contributed by atoms with van der Waals surface area (Å²) >= 11 is 0. The summed E-state index contributed by atoms with van der Waals surface area (Å²) in [7, 11) is 0. The van der Waals surface area contributed by atoms with Crippen LogP contribution in [-0.4, -0.2) is 76.3 Å². The molecule has 13 nitrogen and oxygen atoms in total. The lowest BCUT2D eigenvalue weighted by molar-refractivity contribution is -0.142. The number of unbranched alkanes of at least 4 members (excludes halogenated alkanes) is 2. The second kappa shape index (κ2) is 18.4. The Bertz CT molecular complexity index is 1180. The van der Waals surface area contributed by atoms with E-state index in [0.29, 0.717) is 56.3 Å². The van der Waals surface area contributed by atoms with E-state index in [1.165, 1.54) is 24.3 Å². The van der Waals surface area contributed by atoms with Gasteiger partial charge in [0.05, 0.1) is 6.04 Å². The number of hydrogen-bond acceptors (Lipinski definition) is 9. The molecule has 12 N–H and O–H groups in total. The fraction of sp³-hybridized carbons (Fsp3) is 0.467. The molecule has 0 radical (unpaired) electrons. The summed E-state index contributed by atoms with van der Waals surface area (Å²) in [4.78, 5) is 51.8. The first-order chi connectivity index (χ1) is 20.5. The molecular weight excluding hydrogens is 556 g/mol. The van der Waals surface area contributed by atoms with Gasteiger partial charge in [-0.25, -0.2) is 4.79 Å². The number of phenolic OH excluding ortho intramolecular Hbond substituents is 2. The van der Waals surface area contributed by atoms with E-state index < -0.39 is 47.9 Å². The minimum absolute atomic E-state index is 0.0131. The Morgan fingerprint density at radius 3 is 1.42 bits per heavy atom. The van der Waals surface area contributed by atoms with Crippen molar-refractivity contribution in [2.45, 2.75) is 75.5 Å². The van der Waals surface area contributed by atoms with Gasteiger partial charge in [0.1, 0.15) is 29.6 Å². The van der Waals surface area contributed by atoms with Gasteiger partial charge < -0.3 is 48.5 Å². The molecule has 2 rings (SSSR count). The summed E-state index contributed by atoms with van der Waals surface area (Å²) in [6, 6.07) is 7.66. The normalized spacial score (nSPS) is 13.7. The first-order valence-electron chi connectivity index (χ1n) is 14.4. The zero-order valence-electron chi connectivity index (χ0n) is 24.2. The van der Waals surface area contributed by atoms with Gasteiger partial charge in [-0.2, -0.15) is 0 Å². The van der Waals surface area contributed by atoms with Crippen LogP contribution in [0.15, 0.2) is 48.5 Å². The maximum atomic E-state index is 13.6. The Balaban J connectivity index is 2.30. The lowest BCUT2D eigenvalue weighted by Gasteiger charge is -2.25. The number of amides is 3. The van der Waals surface area contributed by atoms with Crippen molar-refractivity contribution in [3.8, 4) is 11.5 Å². The molecule has 13 heteroatoms.